The fourth-order valence-corrected chi connectivity index (χ4v) is 0. The first kappa shape index (κ1) is 17.9. The molecule has 0 aliphatic carbocycles. The monoisotopic (exact) mass is 355 g/mol. The van der Waals surface area contributed by atoms with E-state index in [4.69, 9.17) is 35.0 Å². The van der Waals surface area contributed by atoms with E-state index in [1.807, 2.05) is 0 Å². The second-order valence-electron chi connectivity index (χ2n) is 0.896. The first-order valence-corrected chi connectivity index (χ1v) is 4.19. The Bertz CT molecular complexity index is 208. The van der Waals surface area contributed by atoms with Crippen LogP contribution in [0.4, 0.5) is 0 Å². The molecule has 0 bridgehead atoms. The maximum Gasteiger partial charge on any atom is 0.394 e. The molecule has 0 saturated heterocycles. The molecule has 0 saturated carbocycles. The summed E-state index contributed by atoms with van der Waals surface area (Å²) in [6, 6.07) is 0. The van der Waals surface area contributed by atoms with Crippen LogP contribution in [-0.4, -0.2) is 35.0 Å². The molecule has 0 aromatic heterocycles. The Morgan fingerprint density at radius 2 is 0.636 bits per heavy atom. The summed E-state index contributed by atoms with van der Waals surface area (Å²) in [5, 5.41) is 0. The molecule has 0 aliphatic rings. The third kappa shape index (κ3) is 854. The van der Waals surface area contributed by atoms with Crippen LogP contribution >= 0.6 is 0 Å². The largest absolute Gasteiger partial charge is 0.394 e. The Labute approximate surface area is 93.6 Å². The molecule has 73 valence electrons. The molecule has 0 unspecified atom stereocenters. The van der Waals surface area contributed by atoms with Gasteiger partial charge in [0.2, 0.25) is 0 Å². The Morgan fingerprint density at radius 1 is 0.636 bits per heavy atom. The fourth-order valence-electron chi connectivity index (χ4n) is 0. The van der Waals surface area contributed by atoms with Gasteiger partial charge < -0.3 is 0 Å². The average molecular weight is 355 g/mol. The minimum absolute atomic E-state index is 0. The molecule has 4 N–H and O–H groups in total. The van der Waals surface area contributed by atoms with Crippen LogP contribution in [0.5, 0.6) is 0 Å². The van der Waals surface area contributed by atoms with Crippen molar-refractivity contribution in [3.63, 3.8) is 0 Å². The van der Waals surface area contributed by atoms with Crippen molar-refractivity contribution in [1.29, 1.82) is 0 Å². The quantitative estimate of drug-likeness (QED) is 0.392. The molecule has 0 heterocycles. The fraction of sp³-hybridized carbons (Fsp3) is 0. The molecule has 0 spiro atoms. The SMILES string of the molecule is O=S(=O)(O)O.O=S(=O)(O)O.[Tb]. The van der Waals surface area contributed by atoms with Crippen molar-refractivity contribution < 1.29 is 73.7 Å². The van der Waals surface area contributed by atoms with Crippen LogP contribution < -0.4 is 0 Å². The van der Waals surface area contributed by atoms with Gasteiger partial charge in [0, 0.05) is 38.6 Å². The van der Waals surface area contributed by atoms with Crippen LogP contribution in [0.25, 0.3) is 0 Å². The van der Waals surface area contributed by atoms with E-state index in [2.05, 4.69) is 0 Å². The molecule has 0 fully saturated rings. The first-order valence-electron chi connectivity index (χ1n) is 1.40. The predicted molar refractivity (Wildman–Crippen MR) is 28.4 cm³/mol. The zero-order valence-electron chi connectivity index (χ0n) is 4.57. The van der Waals surface area contributed by atoms with E-state index in [1.165, 1.54) is 0 Å². The second kappa shape index (κ2) is 6.53. The molecule has 0 atom stereocenters. The summed E-state index contributed by atoms with van der Waals surface area (Å²) in [5.41, 5.74) is 0. The molecule has 0 aromatic rings. The molecule has 1 radical (unpaired) electrons. The van der Waals surface area contributed by atoms with Gasteiger partial charge in [-0.3, -0.25) is 18.2 Å². The molecular weight excluding hydrogens is 351 g/mol. The summed E-state index contributed by atoms with van der Waals surface area (Å²) < 4.78 is 63.2. The smallest absolute Gasteiger partial charge is 0.264 e. The molecule has 0 amide bonds. The van der Waals surface area contributed by atoms with Gasteiger partial charge in [-0.05, 0) is 0 Å². The molecule has 0 aromatic carbocycles. The van der Waals surface area contributed by atoms with Crippen molar-refractivity contribution in [3.8, 4) is 0 Å². The van der Waals surface area contributed by atoms with Crippen molar-refractivity contribution in [1.82, 2.24) is 0 Å². The zero-order chi connectivity index (χ0) is 9.00. The normalized spacial score (nSPS) is 10.5. The van der Waals surface area contributed by atoms with E-state index >= 15 is 0 Å². The maximum atomic E-state index is 8.74. The van der Waals surface area contributed by atoms with E-state index in [0.717, 1.165) is 0 Å². The minimum atomic E-state index is -4.67. The Kier molecular flexibility index (Phi) is 10.7. The van der Waals surface area contributed by atoms with Crippen LogP contribution in [0.15, 0.2) is 0 Å². The van der Waals surface area contributed by atoms with Gasteiger partial charge in [-0.1, -0.05) is 0 Å². The summed E-state index contributed by atoms with van der Waals surface area (Å²) in [6.07, 6.45) is 0. The van der Waals surface area contributed by atoms with Crippen molar-refractivity contribution in [2.24, 2.45) is 0 Å². The van der Waals surface area contributed by atoms with Gasteiger partial charge >= 0.3 is 20.8 Å². The van der Waals surface area contributed by atoms with Crippen LogP contribution in [0.2, 0.25) is 0 Å². The van der Waals surface area contributed by atoms with Gasteiger partial charge in [-0.15, -0.1) is 0 Å². The Hall–Kier alpha value is 1.03. The van der Waals surface area contributed by atoms with Crippen LogP contribution in [-0.2, 0) is 20.8 Å². The van der Waals surface area contributed by atoms with Crippen LogP contribution in [0.1, 0.15) is 0 Å². The first-order chi connectivity index (χ1) is 4.00. The van der Waals surface area contributed by atoms with Gasteiger partial charge in [-0.25, -0.2) is 0 Å². The minimum Gasteiger partial charge on any atom is -0.264 e. The number of hydrogen-bond donors (Lipinski definition) is 4. The molecule has 11 heavy (non-hydrogen) atoms. The van der Waals surface area contributed by atoms with Gasteiger partial charge in [0.1, 0.15) is 0 Å². The second-order valence-corrected chi connectivity index (χ2v) is 2.69. The summed E-state index contributed by atoms with van der Waals surface area (Å²) in [7, 11) is -9.33. The van der Waals surface area contributed by atoms with Crippen LogP contribution in [0.3, 0.4) is 0 Å². The van der Waals surface area contributed by atoms with Gasteiger partial charge in [0.25, 0.3) is 0 Å². The van der Waals surface area contributed by atoms with E-state index in [0.29, 0.717) is 0 Å². The standard InChI is InChI=1S/2H2O4S.Tb/c2*1-5(2,3)4;/h2*(H2,1,2,3,4);. The molecule has 0 aliphatic heterocycles. The van der Waals surface area contributed by atoms with Crippen molar-refractivity contribution in [2.75, 3.05) is 0 Å². The van der Waals surface area contributed by atoms with Crippen LogP contribution in [0, 0.1) is 38.6 Å². The van der Waals surface area contributed by atoms with E-state index in [-0.39, 0.29) is 38.6 Å². The molecule has 11 heteroatoms. The van der Waals surface area contributed by atoms with Crippen molar-refractivity contribution >= 4 is 20.8 Å². The summed E-state index contributed by atoms with van der Waals surface area (Å²) in [5.74, 6) is 0. The summed E-state index contributed by atoms with van der Waals surface area (Å²) >= 11 is 0. The maximum absolute atomic E-state index is 8.74. The topological polar surface area (TPSA) is 149 Å². The van der Waals surface area contributed by atoms with Crippen molar-refractivity contribution in [3.05, 3.63) is 0 Å². The summed E-state index contributed by atoms with van der Waals surface area (Å²) in [4.78, 5) is 0. The Balaban J connectivity index is -0.000000107. The number of hydrogen-bond acceptors (Lipinski definition) is 4. The third-order valence-corrected chi connectivity index (χ3v) is 0. The third-order valence-electron chi connectivity index (χ3n) is 0. The number of rotatable bonds is 0. The van der Waals surface area contributed by atoms with Gasteiger partial charge in [0.15, 0.2) is 0 Å². The van der Waals surface area contributed by atoms with Gasteiger partial charge in [0.05, 0.1) is 0 Å². The van der Waals surface area contributed by atoms with Gasteiger partial charge in [-0.2, -0.15) is 16.8 Å². The molecule has 0 rings (SSSR count). The predicted octanol–water partition coefficient (Wildman–Crippen LogP) is -1.31. The zero-order valence-corrected chi connectivity index (χ0v) is 8.34. The molecular formula is H4O8S2Tb. The van der Waals surface area contributed by atoms with Crippen molar-refractivity contribution in [2.45, 2.75) is 0 Å². The van der Waals surface area contributed by atoms with E-state index < -0.39 is 20.8 Å². The van der Waals surface area contributed by atoms with E-state index in [1.54, 1.807) is 0 Å². The molecule has 8 nitrogen and oxygen atoms in total. The average Bonchev–Trinajstić information content (AvgIpc) is 1.12. The Morgan fingerprint density at radius 3 is 0.636 bits per heavy atom. The summed E-state index contributed by atoms with van der Waals surface area (Å²) in [6.45, 7) is 0. The van der Waals surface area contributed by atoms with E-state index in [9.17, 15) is 0 Å².